The van der Waals surface area contributed by atoms with Gasteiger partial charge in [0, 0.05) is 35.2 Å². The number of fused-ring (bicyclic) bond motifs is 2. The highest BCUT2D eigenvalue weighted by Crippen LogP contribution is 2.32. The van der Waals surface area contributed by atoms with Gasteiger partial charge in [-0.2, -0.15) is 4.98 Å². The molecule has 0 aliphatic carbocycles. The Morgan fingerprint density at radius 3 is 2.58 bits per heavy atom. The number of amides is 2. The summed E-state index contributed by atoms with van der Waals surface area (Å²) in [5, 5.41) is 6.05. The van der Waals surface area contributed by atoms with Gasteiger partial charge in [-0.15, -0.1) is 0 Å². The monoisotopic (exact) mass is 483 g/mol. The second kappa shape index (κ2) is 8.53. The van der Waals surface area contributed by atoms with E-state index in [1.165, 1.54) is 23.8 Å². The number of rotatable bonds is 3. The first kappa shape index (κ1) is 21.5. The molecular weight excluding hydrogens is 465 g/mol. The zero-order chi connectivity index (χ0) is 23.1. The van der Waals surface area contributed by atoms with Crippen LogP contribution in [0.2, 0.25) is 10.0 Å². The molecule has 1 atom stereocenters. The Balaban J connectivity index is 1.45. The van der Waals surface area contributed by atoms with Crippen LogP contribution >= 0.6 is 23.2 Å². The molecule has 168 valence electrons. The lowest BCUT2D eigenvalue weighted by molar-refractivity contribution is -0.123. The highest BCUT2D eigenvalue weighted by atomic mass is 35.5. The van der Waals surface area contributed by atoms with Crippen LogP contribution in [0.4, 0.5) is 17.5 Å². The maximum absolute atomic E-state index is 13.1. The lowest BCUT2D eigenvalue weighted by Gasteiger charge is -2.30. The number of aromatic nitrogens is 2. The van der Waals surface area contributed by atoms with E-state index in [-0.39, 0.29) is 23.7 Å². The number of hydrogen-bond acceptors (Lipinski definition) is 5. The highest BCUT2D eigenvalue weighted by Gasteiger charge is 2.35. The number of hydrogen-bond donors (Lipinski definition) is 3. The van der Waals surface area contributed by atoms with Crippen LogP contribution in [0.3, 0.4) is 0 Å². The first-order valence-electron chi connectivity index (χ1n) is 10.4. The highest BCUT2D eigenvalue weighted by molar-refractivity contribution is 6.35. The minimum absolute atomic E-state index is 0.105. The number of aromatic amines is 1. The van der Waals surface area contributed by atoms with Crippen LogP contribution in [-0.4, -0.2) is 28.3 Å². The molecule has 0 radical (unpaired) electrons. The summed E-state index contributed by atoms with van der Waals surface area (Å²) < 4.78 is 0. The average Bonchev–Trinajstić information content (AvgIpc) is 2.77. The molecule has 8 nitrogen and oxygen atoms in total. The van der Waals surface area contributed by atoms with Crippen LogP contribution in [0.15, 0.2) is 47.3 Å². The van der Waals surface area contributed by atoms with Gasteiger partial charge in [0.15, 0.2) is 0 Å². The zero-order valence-electron chi connectivity index (χ0n) is 17.3. The number of nitrogens with one attached hydrogen (secondary N) is 3. The summed E-state index contributed by atoms with van der Waals surface area (Å²) in [5.74, 6) is -1.44. The van der Waals surface area contributed by atoms with Crippen LogP contribution in [0, 0.1) is 0 Å². The summed E-state index contributed by atoms with van der Waals surface area (Å²) in [5.41, 5.74) is 2.46. The van der Waals surface area contributed by atoms with E-state index in [9.17, 15) is 14.4 Å². The molecule has 0 saturated heterocycles. The maximum atomic E-state index is 13.1. The van der Waals surface area contributed by atoms with E-state index in [0.717, 1.165) is 12.0 Å². The number of benzene rings is 2. The first-order chi connectivity index (χ1) is 15.9. The molecule has 0 bridgehead atoms. The minimum Gasteiger partial charge on any atom is -0.338 e. The van der Waals surface area contributed by atoms with Crippen molar-refractivity contribution in [2.45, 2.75) is 25.3 Å². The Bertz CT molecular complexity index is 1320. The fourth-order valence-electron chi connectivity index (χ4n) is 4.27. The van der Waals surface area contributed by atoms with Crippen LogP contribution < -0.4 is 21.1 Å². The Morgan fingerprint density at radius 1 is 1.09 bits per heavy atom. The fourth-order valence-corrected chi connectivity index (χ4v) is 4.79. The zero-order valence-corrected chi connectivity index (χ0v) is 18.8. The summed E-state index contributed by atoms with van der Waals surface area (Å²) in [6.07, 6.45) is 0.644. The van der Waals surface area contributed by atoms with E-state index in [2.05, 4.69) is 26.7 Å². The summed E-state index contributed by atoms with van der Waals surface area (Å²) >= 11 is 12.0. The standard InChI is InChI=1S/C23H19Cl2N5O3/c24-14-7-15(25)9-16(8-14)26-21(32)17-10-18(31)27-20-19(17)22(33)29-23(28-20)30-6-5-12-3-1-2-4-13(12)11-30/h1-4,7-9,17H,5-6,10-11H2,(H,26,32)(H2,27,28,29,31,33)/t17-/m1/s1. The number of carbonyl (C=O) groups excluding carboxylic acids is 2. The number of anilines is 3. The molecule has 10 heteroatoms. The van der Waals surface area contributed by atoms with Gasteiger partial charge in [0.25, 0.3) is 5.56 Å². The molecule has 0 saturated carbocycles. The minimum atomic E-state index is -1.00. The van der Waals surface area contributed by atoms with E-state index in [0.29, 0.717) is 34.8 Å². The van der Waals surface area contributed by atoms with Crippen molar-refractivity contribution in [1.29, 1.82) is 0 Å². The average molecular weight is 484 g/mol. The van der Waals surface area contributed by atoms with Gasteiger partial charge in [-0.25, -0.2) is 0 Å². The van der Waals surface area contributed by atoms with Gasteiger partial charge in [0.1, 0.15) is 5.82 Å². The molecule has 3 heterocycles. The van der Waals surface area contributed by atoms with Gasteiger partial charge in [-0.1, -0.05) is 47.5 Å². The molecule has 0 spiro atoms. The second-order valence-corrected chi connectivity index (χ2v) is 8.92. The molecule has 0 fully saturated rings. The van der Waals surface area contributed by atoms with Crippen molar-refractivity contribution in [1.82, 2.24) is 9.97 Å². The lowest BCUT2D eigenvalue weighted by atomic mass is 9.92. The summed E-state index contributed by atoms with van der Waals surface area (Å²) in [6.45, 7) is 1.26. The second-order valence-electron chi connectivity index (χ2n) is 8.04. The molecule has 2 aromatic carbocycles. The van der Waals surface area contributed by atoms with Crippen molar-refractivity contribution in [2.75, 3.05) is 22.1 Å². The van der Waals surface area contributed by atoms with E-state index >= 15 is 0 Å². The molecule has 2 amide bonds. The van der Waals surface area contributed by atoms with E-state index < -0.39 is 17.4 Å². The lowest BCUT2D eigenvalue weighted by Crippen LogP contribution is -2.38. The van der Waals surface area contributed by atoms with Gasteiger partial charge in [0.05, 0.1) is 11.5 Å². The van der Waals surface area contributed by atoms with Crippen LogP contribution in [-0.2, 0) is 22.6 Å². The van der Waals surface area contributed by atoms with Crippen molar-refractivity contribution < 1.29 is 9.59 Å². The van der Waals surface area contributed by atoms with E-state index in [1.54, 1.807) is 0 Å². The molecule has 0 unspecified atom stereocenters. The topological polar surface area (TPSA) is 107 Å². The van der Waals surface area contributed by atoms with Crippen molar-refractivity contribution in [3.8, 4) is 0 Å². The molecule has 5 rings (SSSR count). The SMILES string of the molecule is O=C1C[C@@H](C(=O)Nc2cc(Cl)cc(Cl)c2)c2c(nc(N3CCc4ccccc4C3)[nH]c2=O)N1. The number of halogens is 2. The third kappa shape index (κ3) is 4.31. The molecule has 2 aliphatic rings. The number of carbonyl (C=O) groups is 2. The predicted molar refractivity (Wildman–Crippen MR) is 127 cm³/mol. The normalized spacial score (nSPS) is 17.1. The van der Waals surface area contributed by atoms with Gasteiger partial charge < -0.3 is 15.5 Å². The number of nitrogens with zero attached hydrogens (tertiary/aromatic N) is 2. The summed E-state index contributed by atoms with van der Waals surface area (Å²) in [6, 6.07) is 12.7. The van der Waals surface area contributed by atoms with Gasteiger partial charge >= 0.3 is 0 Å². The summed E-state index contributed by atoms with van der Waals surface area (Å²) in [4.78, 5) is 47.7. The van der Waals surface area contributed by atoms with Crippen molar-refractivity contribution in [2.24, 2.45) is 0 Å². The van der Waals surface area contributed by atoms with Gasteiger partial charge in [-0.05, 0) is 35.7 Å². The number of H-pyrrole nitrogens is 1. The van der Waals surface area contributed by atoms with Crippen LogP contribution in [0.25, 0.3) is 0 Å². The smallest absolute Gasteiger partial charge is 0.258 e. The molecule has 33 heavy (non-hydrogen) atoms. The molecule has 1 aromatic heterocycles. The Labute approximate surface area is 198 Å². The van der Waals surface area contributed by atoms with Crippen LogP contribution in [0.5, 0.6) is 0 Å². The first-order valence-corrected chi connectivity index (χ1v) is 11.2. The van der Waals surface area contributed by atoms with E-state index in [1.807, 2.05) is 23.1 Å². The molecular formula is C23H19Cl2N5O3. The predicted octanol–water partition coefficient (Wildman–Crippen LogP) is 3.70. The quantitative estimate of drug-likeness (QED) is 0.526. The summed E-state index contributed by atoms with van der Waals surface area (Å²) in [7, 11) is 0. The molecule has 3 N–H and O–H groups in total. The molecule has 3 aromatic rings. The van der Waals surface area contributed by atoms with E-state index in [4.69, 9.17) is 23.2 Å². The third-order valence-corrected chi connectivity index (χ3v) is 6.25. The van der Waals surface area contributed by atoms with Crippen LogP contribution in [0.1, 0.15) is 29.0 Å². The van der Waals surface area contributed by atoms with Crippen molar-refractivity contribution >= 4 is 52.5 Å². The fraction of sp³-hybridized carbons (Fsp3) is 0.217. The Hall–Kier alpha value is -3.36. The van der Waals surface area contributed by atoms with Gasteiger partial charge in [-0.3, -0.25) is 19.4 Å². The third-order valence-electron chi connectivity index (χ3n) is 5.82. The Kier molecular flexibility index (Phi) is 5.55. The van der Waals surface area contributed by atoms with Gasteiger partial charge in [0.2, 0.25) is 17.8 Å². The molecule has 2 aliphatic heterocycles. The van der Waals surface area contributed by atoms with Crippen molar-refractivity contribution in [3.63, 3.8) is 0 Å². The van der Waals surface area contributed by atoms with Crippen molar-refractivity contribution in [3.05, 3.63) is 79.6 Å². The maximum Gasteiger partial charge on any atom is 0.258 e. The Morgan fingerprint density at radius 2 is 1.82 bits per heavy atom. The largest absolute Gasteiger partial charge is 0.338 e.